The summed E-state index contributed by atoms with van der Waals surface area (Å²) in [6.45, 7) is 4.49. The van der Waals surface area contributed by atoms with Crippen LogP contribution in [0.3, 0.4) is 0 Å². The van der Waals surface area contributed by atoms with E-state index in [1.165, 1.54) is 9.91 Å². The van der Waals surface area contributed by atoms with Gasteiger partial charge in [0.2, 0.25) is 0 Å². The predicted octanol–water partition coefficient (Wildman–Crippen LogP) is 3.74. The van der Waals surface area contributed by atoms with Crippen LogP contribution in [-0.2, 0) is 4.79 Å². The summed E-state index contributed by atoms with van der Waals surface area (Å²) in [5.41, 5.74) is 3.67. The van der Waals surface area contributed by atoms with Gasteiger partial charge in [-0.2, -0.15) is 5.10 Å². The third-order valence-electron chi connectivity index (χ3n) is 5.59. The molecule has 33 heavy (non-hydrogen) atoms. The molecule has 1 aliphatic heterocycles. The summed E-state index contributed by atoms with van der Waals surface area (Å²) in [6, 6.07) is 13.1. The number of hydrogen-bond donors (Lipinski definition) is 1. The standard InChI is InChI=1S/C25H32N4O4/c1-6-13-26-25(31)28(3)16-24(30)29-22(18-9-7-17(2)8-10-18)15-21(27-29)20-12-11-19(32-4)14-23(20)33-5/h7-12,14,22H,6,13,15-16H2,1-5H3,(H,26,31)/t22-/m1/s1. The van der Waals surface area contributed by atoms with E-state index in [2.05, 4.69) is 5.32 Å². The van der Waals surface area contributed by atoms with E-state index in [9.17, 15) is 9.59 Å². The fourth-order valence-corrected chi connectivity index (χ4v) is 3.70. The van der Waals surface area contributed by atoms with Gasteiger partial charge in [0.05, 0.1) is 26.0 Å². The van der Waals surface area contributed by atoms with Crippen molar-refractivity contribution in [1.29, 1.82) is 0 Å². The normalized spacial score (nSPS) is 15.1. The van der Waals surface area contributed by atoms with Crippen LogP contribution in [0.4, 0.5) is 4.79 Å². The number of aryl methyl sites for hydroxylation is 1. The van der Waals surface area contributed by atoms with Gasteiger partial charge in [0, 0.05) is 31.6 Å². The molecule has 3 amide bonds. The highest BCUT2D eigenvalue weighted by molar-refractivity contribution is 6.05. The number of hydrazone groups is 1. The molecule has 2 aromatic rings. The fraction of sp³-hybridized carbons (Fsp3) is 0.400. The van der Waals surface area contributed by atoms with Crippen LogP contribution in [0.2, 0.25) is 0 Å². The lowest BCUT2D eigenvalue weighted by molar-refractivity contribution is -0.133. The first-order valence-corrected chi connectivity index (χ1v) is 11.0. The summed E-state index contributed by atoms with van der Waals surface area (Å²) < 4.78 is 10.9. The number of urea groups is 1. The van der Waals surface area contributed by atoms with Crippen LogP contribution < -0.4 is 14.8 Å². The molecule has 1 aliphatic rings. The lowest BCUT2D eigenvalue weighted by Crippen LogP contribution is -2.43. The van der Waals surface area contributed by atoms with Crippen molar-refractivity contribution in [2.45, 2.75) is 32.7 Å². The number of ether oxygens (including phenoxy) is 2. The first-order chi connectivity index (χ1) is 15.9. The maximum atomic E-state index is 13.3. The summed E-state index contributed by atoms with van der Waals surface area (Å²) in [5.74, 6) is 1.05. The van der Waals surface area contributed by atoms with Gasteiger partial charge in [0.25, 0.3) is 5.91 Å². The Bertz CT molecular complexity index is 1020. The number of likely N-dealkylation sites (N-methyl/N-ethyl adjacent to an activating group) is 1. The van der Waals surface area contributed by atoms with Crippen molar-refractivity contribution in [1.82, 2.24) is 15.2 Å². The smallest absolute Gasteiger partial charge is 0.317 e. The number of carbonyl (C=O) groups excluding carboxylic acids is 2. The van der Waals surface area contributed by atoms with Crippen LogP contribution in [0.5, 0.6) is 11.5 Å². The van der Waals surface area contributed by atoms with Crippen molar-refractivity contribution in [3.05, 3.63) is 59.2 Å². The summed E-state index contributed by atoms with van der Waals surface area (Å²) in [6.07, 6.45) is 1.36. The Hall–Kier alpha value is -3.55. The van der Waals surface area contributed by atoms with Gasteiger partial charge in [-0.3, -0.25) is 4.79 Å². The number of nitrogens with zero attached hydrogens (tertiary/aromatic N) is 3. The fourth-order valence-electron chi connectivity index (χ4n) is 3.70. The maximum absolute atomic E-state index is 13.3. The van der Waals surface area contributed by atoms with Gasteiger partial charge in [0.15, 0.2) is 0 Å². The molecular weight excluding hydrogens is 420 g/mol. The molecule has 1 heterocycles. The Labute approximate surface area is 195 Å². The largest absolute Gasteiger partial charge is 0.497 e. The molecule has 0 aromatic heterocycles. The van der Waals surface area contributed by atoms with Crippen LogP contribution in [0.1, 0.15) is 42.5 Å². The Morgan fingerprint density at radius 1 is 1.15 bits per heavy atom. The van der Waals surface area contributed by atoms with Gasteiger partial charge in [-0.15, -0.1) is 0 Å². The zero-order valence-electron chi connectivity index (χ0n) is 19.9. The number of hydrogen-bond acceptors (Lipinski definition) is 5. The molecule has 1 N–H and O–H groups in total. The summed E-state index contributed by atoms with van der Waals surface area (Å²) in [4.78, 5) is 26.9. The second kappa shape index (κ2) is 10.8. The van der Waals surface area contributed by atoms with E-state index >= 15 is 0 Å². The average molecular weight is 453 g/mol. The quantitative estimate of drug-likeness (QED) is 0.661. The SMILES string of the molecule is CCCNC(=O)N(C)CC(=O)N1N=C(c2ccc(OC)cc2OC)C[C@@H]1c1ccc(C)cc1. The first kappa shape index (κ1) is 24.1. The van der Waals surface area contributed by atoms with Crippen molar-refractivity contribution in [3.8, 4) is 11.5 Å². The van der Waals surface area contributed by atoms with E-state index in [1.54, 1.807) is 27.3 Å². The number of nitrogens with one attached hydrogen (secondary N) is 1. The highest BCUT2D eigenvalue weighted by atomic mass is 16.5. The Morgan fingerprint density at radius 2 is 1.88 bits per heavy atom. The van der Waals surface area contributed by atoms with E-state index in [0.717, 1.165) is 28.8 Å². The number of benzene rings is 2. The number of carbonyl (C=O) groups is 2. The molecule has 2 aromatic carbocycles. The molecular formula is C25H32N4O4. The highest BCUT2D eigenvalue weighted by Gasteiger charge is 2.34. The van der Waals surface area contributed by atoms with Crippen LogP contribution >= 0.6 is 0 Å². The van der Waals surface area contributed by atoms with Gasteiger partial charge in [-0.1, -0.05) is 36.8 Å². The molecule has 0 bridgehead atoms. The summed E-state index contributed by atoms with van der Waals surface area (Å²) in [7, 11) is 4.80. The van der Waals surface area contributed by atoms with Gasteiger partial charge >= 0.3 is 6.03 Å². The average Bonchev–Trinajstić information content (AvgIpc) is 3.27. The zero-order chi connectivity index (χ0) is 24.0. The maximum Gasteiger partial charge on any atom is 0.317 e. The third-order valence-corrected chi connectivity index (χ3v) is 5.59. The number of amides is 3. The predicted molar refractivity (Wildman–Crippen MR) is 128 cm³/mol. The lowest BCUT2D eigenvalue weighted by atomic mass is 9.97. The lowest BCUT2D eigenvalue weighted by Gasteiger charge is -2.25. The van der Waals surface area contributed by atoms with Crippen molar-refractivity contribution in [2.75, 3.05) is 34.4 Å². The van der Waals surface area contributed by atoms with Gasteiger partial charge < -0.3 is 19.7 Å². The molecule has 0 saturated carbocycles. The van der Waals surface area contributed by atoms with E-state index in [1.807, 2.05) is 50.2 Å². The van der Waals surface area contributed by atoms with E-state index in [0.29, 0.717) is 24.5 Å². The molecule has 8 heteroatoms. The van der Waals surface area contributed by atoms with E-state index in [4.69, 9.17) is 14.6 Å². The molecule has 0 unspecified atom stereocenters. The number of rotatable bonds is 8. The van der Waals surface area contributed by atoms with E-state index in [-0.39, 0.29) is 24.5 Å². The number of methoxy groups -OCH3 is 2. The zero-order valence-corrected chi connectivity index (χ0v) is 19.9. The van der Waals surface area contributed by atoms with Crippen LogP contribution in [0.15, 0.2) is 47.6 Å². The second-order valence-electron chi connectivity index (χ2n) is 8.07. The Balaban J connectivity index is 1.91. The van der Waals surface area contributed by atoms with Gasteiger partial charge in [0.1, 0.15) is 18.0 Å². The van der Waals surface area contributed by atoms with Crippen molar-refractivity contribution in [2.24, 2.45) is 5.10 Å². The second-order valence-corrected chi connectivity index (χ2v) is 8.07. The molecule has 1 atom stereocenters. The van der Waals surface area contributed by atoms with E-state index < -0.39 is 0 Å². The monoisotopic (exact) mass is 452 g/mol. The molecule has 8 nitrogen and oxygen atoms in total. The molecule has 0 spiro atoms. The Morgan fingerprint density at radius 3 is 2.52 bits per heavy atom. The molecule has 176 valence electrons. The van der Waals surface area contributed by atoms with Crippen LogP contribution in [0.25, 0.3) is 0 Å². The molecule has 0 saturated heterocycles. The third kappa shape index (κ3) is 5.63. The minimum absolute atomic E-state index is 0.0750. The first-order valence-electron chi connectivity index (χ1n) is 11.0. The molecule has 0 aliphatic carbocycles. The minimum Gasteiger partial charge on any atom is -0.497 e. The Kier molecular flexibility index (Phi) is 7.92. The van der Waals surface area contributed by atoms with Crippen molar-refractivity contribution < 1.29 is 19.1 Å². The molecule has 0 radical (unpaired) electrons. The summed E-state index contributed by atoms with van der Waals surface area (Å²) >= 11 is 0. The van der Waals surface area contributed by atoms with Crippen molar-refractivity contribution >= 4 is 17.6 Å². The highest BCUT2D eigenvalue weighted by Crippen LogP contribution is 2.36. The van der Waals surface area contributed by atoms with Gasteiger partial charge in [-0.05, 0) is 31.0 Å². The molecule has 0 fully saturated rings. The van der Waals surface area contributed by atoms with Crippen LogP contribution in [0, 0.1) is 6.92 Å². The topological polar surface area (TPSA) is 83.5 Å². The minimum atomic E-state index is -0.280. The van der Waals surface area contributed by atoms with Crippen LogP contribution in [-0.4, -0.2) is 61.9 Å². The summed E-state index contributed by atoms with van der Waals surface area (Å²) in [5, 5.41) is 8.98. The van der Waals surface area contributed by atoms with Gasteiger partial charge in [-0.25, -0.2) is 9.80 Å². The van der Waals surface area contributed by atoms with Crippen molar-refractivity contribution in [3.63, 3.8) is 0 Å². The molecule has 3 rings (SSSR count).